The van der Waals surface area contributed by atoms with Crippen molar-refractivity contribution in [2.45, 2.75) is 44.2 Å². The van der Waals surface area contributed by atoms with Crippen molar-refractivity contribution in [1.82, 2.24) is 14.8 Å². The number of benzene rings is 7. The van der Waals surface area contributed by atoms with E-state index in [2.05, 4.69) is 40.8 Å². The molecule has 32 nitrogen and oxygen atoms in total. The fourth-order valence-electron chi connectivity index (χ4n) is 8.56. The number of hydrogen-bond donors (Lipinski definition) is 9. The number of aryl methyl sites for hydroxylation is 1. The van der Waals surface area contributed by atoms with E-state index in [1.807, 2.05) is 0 Å². The fourth-order valence-corrected chi connectivity index (χ4v) is 14.1. The number of azo groups is 3. The topological polar surface area (TPSA) is 518 Å². The van der Waals surface area contributed by atoms with Crippen LogP contribution < -0.4 is 4.74 Å². The summed E-state index contributed by atoms with van der Waals surface area (Å²) >= 11 is 1.01. The number of carboxylic acids is 1. The second kappa shape index (κ2) is 23.2. The predicted octanol–water partition coefficient (Wildman–Crippen LogP) is 9.40. The lowest BCUT2D eigenvalue weighted by Crippen LogP contribution is -2.11. The van der Waals surface area contributed by atoms with Gasteiger partial charge in [-0.2, -0.15) is 60.3 Å². The fraction of sp³-hybridized carbons (Fsp3) is 0.104. The van der Waals surface area contributed by atoms with Gasteiger partial charge >= 0.3 is 5.97 Å². The number of aromatic carboxylic acids is 1. The molecule has 0 aliphatic heterocycles. The molecule has 39 heteroatoms. The van der Waals surface area contributed by atoms with E-state index in [4.69, 9.17) is 4.74 Å². The molecule has 454 valence electrons. The number of aromatic nitrogens is 3. The predicted molar refractivity (Wildman–Crippen MR) is 304 cm³/mol. The number of fused-ring (bicyclic) bond motifs is 3. The molecule has 0 atom stereocenters. The molecule has 2 heterocycles. The second-order valence-corrected chi connectivity index (χ2v) is 27.7. The quantitative estimate of drug-likeness (QED) is 0.0195. The van der Waals surface area contributed by atoms with Crippen molar-refractivity contribution in [2.24, 2.45) is 30.7 Å². The Hall–Kier alpha value is -8.71. The van der Waals surface area contributed by atoms with Crippen molar-refractivity contribution < 1.29 is 103 Å². The van der Waals surface area contributed by atoms with Crippen molar-refractivity contribution >= 4 is 143 Å². The average Bonchev–Trinajstić information content (AvgIpc) is 1.33. The van der Waals surface area contributed by atoms with Gasteiger partial charge in [-0.05, 0) is 86.0 Å². The minimum Gasteiger partial charge on any atom is -0.505 e. The Morgan fingerprint density at radius 1 is 0.575 bits per heavy atom. The van der Waals surface area contributed by atoms with Crippen LogP contribution in [0, 0.1) is 6.92 Å². The molecule has 0 aliphatic carbocycles. The molecule has 0 amide bonds. The molecule has 0 bridgehead atoms. The Labute approximate surface area is 493 Å². The number of rotatable bonds is 20. The van der Waals surface area contributed by atoms with Crippen LogP contribution in [0.1, 0.15) is 28.8 Å². The summed E-state index contributed by atoms with van der Waals surface area (Å²) < 4.78 is 219. The molecular weight excluding hydrogens is 1300 g/mol. The molecule has 0 saturated heterocycles. The van der Waals surface area contributed by atoms with Gasteiger partial charge < -0.3 is 20.1 Å². The highest BCUT2D eigenvalue weighted by atomic mass is 32.2. The first-order valence-electron chi connectivity index (χ1n) is 23.8. The zero-order chi connectivity index (χ0) is 63.5. The van der Waals surface area contributed by atoms with Crippen molar-refractivity contribution in [3.8, 4) is 34.3 Å². The highest BCUT2D eigenvalue weighted by molar-refractivity contribution is 7.89. The molecule has 0 spiro atoms. The summed E-state index contributed by atoms with van der Waals surface area (Å²) in [6.45, 7) is 1.28. The number of nitrogens with zero attached hydrogens (tertiary/aromatic N) is 9. The van der Waals surface area contributed by atoms with Crippen LogP contribution in [-0.2, 0) is 60.7 Å². The summed E-state index contributed by atoms with van der Waals surface area (Å²) in [7, 11) is -32.3. The Balaban J connectivity index is 1.16. The van der Waals surface area contributed by atoms with E-state index < -0.39 is 159 Å². The molecule has 0 unspecified atom stereocenters. The summed E-state index contributed by atoms with van der Waals surface area (Å²) in [4.78, 5) is 8.99. The van der Waals surface area contributed by atoms with Crippen LogP contribution in [0.3, 0.4) is 0 Å². The second-order valence-electron chi connectivity index (χ2n) is 18.2. The molecule has 0 radical (unpaired) electrons. The standard InChI is InChI=1S/C48H37N9O23S7/c1-23-17-34(35(80-15-5-6-16-82(62,63)64)22-33(23)51-55-48-49-31-12-9-25(47(60)61)18-36(31)81-48)52-53-41-39(85(71,72)73)21-30-28(43(41)58)10-13-32(44(30)86(74,75)76)50-54-42-40(24-7-3-2-4-8-24)56-57(46(42)59)26-19-29-27(38(20-26)84(68,69)70)11-14-37(83(65,66)67)45(29)87(77,78)79/h2-4,7-14,17-22,58-59H,5-6,15-16H2,1H3,(H,60,61)(H,62,63,64)(H,65,66,67)(H,68,69,70)(H,71,72,73)(H,74,75,76)(H,77,78,79). The zero-order valence-electron chi connectivity index (χ0n) is 43.3. The van der Waals surface area contributed by atoms with Crippen LogP contribution in [0.4, 0.5) is 33.6 Å². The first-order chi connectivity index (χ1) is 40.5. The van der Waals surface area contributed by atoms with Crippen molar-refractivity contribution in [2.75, 3.05) is 12.4 Å². The Kier molecular flexibility index (Phi) is 16.7. The maximum atomic E-state index is 13.3. The third-order valence-electron chi connectivity index (χ3n) is 12.4. The molecule has 0 fully saturated rings. The van der Waals surface area contributed by atoms with Gasteiger partial charge in [0.1, 0.15) is 53.0 Å². The first-order valence-corrected chi connectivity index (χ1v) is 33.4. The van der Waals surface area contributed by atoms with Gasteiger partial charge in [-0.15, -0.1) is 30.7 Å². The monoisotopic (exact) mass is 1330 g/mol. The van der Waals surface area contributed by atoms with Crippen LogP contribution in [-0.4, -0.2) is 126 Å². The molecule has 2 aromatic heterocycles. The number of ether oxygens (including phenoxy) is 1. The molecule has 9 rings (SSSR count). The van der Waals surface area contributed by atoms with Crippen LogP contribution in [0.2, 0.25) is 0 Å². The third-order valence-corrected chi connectivity index (χ3v) is 18.7. The van der Waals surface area contributed by atoms with Gasteiger partial charge in [0.05, 0.1) is 39.5 Å². The van der Waals surface area contributed by atoms with Gasteiger partial charge in [0.15, 0.2) is 11.4 Å². The van der Waals surface area contributed by atoms with Gasteiger partial charge in [0.2, 0.25) is 11.0 Å². The van der Waals surface area contributed by atoms with E-state index in [-0.39, 0.29) is 52.8 Å². The lowest BCUT2D eigenvalue weighted by molar-refractivity contribution is 0.0696. The summed E-state index contributed by atoms with van der Waals surface area (Å²) in [6, 6.07) is 18.5. The van der Waals surface area contributed by atoms with Crippen LogP contribution in [0.5, 0.6) is 17.4 Å². The summed E-state index contributed by atoms with van der Waals surface area (Å²) in [6.07, 6.45) is -0.0559. The smallest absolute Gasteiger partial charge is 0.335 e. The van der Waals surface area contributed by atoms with Crippen molar-refractivity contribution in [3.05, 3.63) is 114 Å². The minimum absolute atomic E-state index is 0.000703. The number of hydrogen-bond acceptors (Lipinski definition) is 25. The molecule has 0 saturated carbocycles. The number of thiazole rings is 1. The number of phenolic OH excluding ortho intramolecular Hbond substituents is 1. The minimum atomic E-state index is -5.71. The average molecular weight is 1330 g/mol. The van der Waals surface area contributed by atoms with Crippen molar-refractivity contribution in [1.29, 1.82) is 0 Å². The lowest BCUT2D eigenvalue weighted by Gasteiger charge is -2.13. The van der Waals surface area contributed by atoms with Crippen LogP contribution in [0.15, 0.2) is 158 Å². The SMILES string of the molecule is Cc1cc(N=Nc2c(S(=O)(=O)O)cc3c(S(=O)(=O)O)c(N=Nc4c(-c5ccccc5)nn(-c5cc(S(=O)(=O)O)c6ccc(S(=O)(=O)O)c(S(=O)(=O)O)c6c5)c4O)ccc3c2O)c(OCCCCS(=O)(=O)O)cc1N=Nc1nc2ccc(C(=O)O)cc2s1. The number of carbonyl (C=O) groups is 1. The maximum Gasteiger partial charge on any atom is 0.335 e. The van der Waals surface area contributed by atoms with Crippen molar-refractivity contribution in [3.63, 3.8) is 0 Å². The van der Waals surface area contributed by atoms with Gasteiger partial charge in [0.25, 0.3) is 60.7 Å². The Morgan fingerprint density at radius 2 is 1.20 bits per heavy atom. The van der Waals surface area contributed by atoms with Crippen LogP contribution >= 0.6 is 11.3 Å². The normalized spacial score (nSPS) is 13.1. The third kappa shape index (κ3) is 13.5. The molecular formula is C48H37N9O23S7. The molecule has 0 aliphatic rings. The van der Waals surface area contributed by atoms with E-state index in [9.17, 15) is 97.9 Å². The first kappa shape index (κ1) is 62.8. The number of aromatic hydroxyl groups is 2. The van der Waals surface area contributed by atoms with E-state index in [1.54, 1.807) is 0 Å². The number of carboxylic acid groups (broad SMARTS) is 1. The summed E-state index contributed by atoms with van der Waals surface area (Å²) in [5, 5.41) is 58.2. The molecule has 9 N–H and O–H groups in total. The Bertz CT molecular complexity index is 5210. The zero-order valence-corrected chi connectivity index (χ0v) is 49.0. The van der Waals surface area contributed by atoms with E-state index in [0.717, 1.165) is 23.5 Å². The van der Waals surface area contributed by atoms with E-state index in [1.165, 1.54) is 67.6 Å². The van der Waals surface area contributed by atoms with E-state index in [0.29, 0.717) is 50.8 Å². The molecule has 87 heavy (non-hydrogen) atoms. The van der Waals surface area contributed by atoms with Gasteiger partial charge in [-0.3, -0.25) is 27.3 Å². The highest BCUT2D eigenvalue weighted by Crippen LogP contribution is 2.48. The highest BCUT2D eigenvalue weighted by Gasteiger charge is 2.32. The molecule has 9 aromatic rings. The molecule has 7 aromatic carbocycles. The largest absolute Gasteiger partial charge is 0.505 e. The van der Waals surface area contributed by atoms with E-state index >= 15 is 0 Å². The Morgan fingerprint density at radius 3 is 1.83 bits per heavy atom. The number of unbranched alkanes of at least 4 members (excludes halogenated alkanes) is 1. The van der Waals surface area contributed by atoms with Gasteiger partial charge in [-0.25, -0.2) is 9.78 Å². The van der Waals surface area contributed by atoms with Crippen LogP contribution in [0.25, 0.3) is 48.7 Å². The van der Waals surface area contributed by atoms with Gasteiger partial charge in [0, 0.05) is 33.2 Å². The maximum absolute atomic E-state index is 13.3. The summed E-state index contributed by atoms with van der Waals surface area (Å²) in [5.41, 5.74) is -3.12. The number of phenols is 1. The summed E-state index contributed by atoms with van der Waals surface area (Å²) in [5.74, 6) is -4.32. The van der Waals surface area contributed by atoms with Gasteiger partial charge in [-0.1, -0.05) is 47.7 Å². The lowest BCUT2D eigenvalue weighted by atomic mass is 10.1.